The summed E-state index contributed by atoms with van der Waals surface area (Å²) in [5.41, 5.74) is 2.91. The average Bonchev–Trinajstić information content (AvgIpc) is 3.40. The molecule has 29 heavy (non-hydrogen) atoms. The lowest BCUT2D eigenvalue weighted by Crippen LogP contribution is -2.33. The number of carbonyl (C=O) groups is 1. The number of hydrogen-bond acceptors (Lipinski definition) is 6. The van der Waals surface area contributed by atoms with E-state index in [0.29, 0.717) is 12.0 Å². The molecule has 0 radical (unpaired) electrons. The SMILES string of the molecule is CN(c1cccc2nc(Nc3ccc4c(c3)NC(=O)C4(C)C)nn12)[C@H]1CCOC1. The first-order valence-electron chi connectivity index (χ1n) is 9.83. The van der Waals surface area contributed by atoms with Gasteiger partial charge in [-0.05, 0) is 50.1 Å². The monoisotopic (exact) mass is 392 g/mol. The number of pyridine rings is 1. The second-order valence-corrected chi connectivity index (χ2v) is 8.18. The Morgan fingerprint density at radius 3 is 2.97 bits per heavy atom. The summed E-state index contributed by atoms with van der Waals surface area (Å²) in [5, 5.41) is 10.9. The highest BCUT2D eigenvalue weighted by molar-refractivity contribution is 6.06. The van der Waals surface area contributed by atoms with Gasteiger partial charge < -0.3 is 20.3 Å². The van der Waals surface area contributed by atoms with Crippen molar-refractivity contribution >= 4 is 34.7 Å². The second-order valence-electron chi connectivity index (χ2n) is 8.18. The molecule has 0 aliphatic carbocycles. The molecule has 8 heteroatoms. The third-order valence-electron chi connectivity index (χ3n) is 5.92. The number of likely N-dealkylation sites (N-methyl/N-ethyl adjacent to an activating group) is 1. The molecule has 0 saturated carbocycles. The van der Waals surface area contributed by atoms with Crippen LogP contribution in [0.3, 0.4) is 0 Å². The highest BCUT2D eigenvalue weighted by Crippen LogP contribution is 2.39. The fourth-order valence-electron chi connectivity index (χ4n) is 4.03. The third-order valence-corrected chi connectivity index (χ3v) is 5.92. The van der Waals surface area contributed by atoms with Crippen LogP contribution in [0.2, 0.25) is 0 Å². The van der Waals surface area contributed by atoms with Crippen molar-refractivity contribution in [1.29, 1.82) is 0 Å². The van der Waals surface area contributed by atoms with Crippen molar-refractivity contribution in [2.24, 2.45) is 0 Å². The minimum absolute atomic E-state index is 0.0130. The Balaban J connectivity index is 1.44. The van der Waals surface area contributed by atoms with E-state index in [-0.39, 0.29) is 5.91 Å². The summed E-state index contributed by atoms with van der Waals surface area (Å²) in [5.74, 6) is 1.50. The lowest BCUT2D eigenvalue weighted by molar-refractivity contribution is -0.119. The number of nitrogens with zero attached hydrogens (tertiary/aromatic N) is 4. The number of benzene rings is 1. The van der Waals surface area contributed by atoms with E-state index in [1.165, 1.54) is 0 Å². The number of ether oxygens (including phenoxy) is 1. The summed E-state index contributed by atoms with van der Waals surface area (Å²) in [7, 11) is 2.06. The lowest BCUT2D eigenvalue weighted by atomic mass is 9.86. The van der Waals surface area contributed by atoms with E-state index in [2.05, 4.69) is 32.7 Å². The van der Waals surface area contributed by atoms with E-state index in [0.717, 1.165) is 48.0 Å². The molecule has 150 valence electrons. The minimum Gasteiger partial charge on any atom is -0.379 e. The quantitative estimate of drug-likeness (QED) is 0.710. The number of fused-ring (bicyclic) bond motifs is 2. The maximum atomic E-state index is 12.2. The van der Waals surface area contributed by atoms with Crippen LogP contribution in [0.4, 0.5) is 23.1 Å². The van der Waals surface area contributed by atoms with E-state index in [1.54, 1.807) is 0 Å². The smallest absolute Gasteiger partial charge is 0.247 e. The summed E-state index contributed by atoms with van der Waals surface area (Å²) < 4.78 is 7.37. The largest absolute Gasteiger partial charge is 0.379 e. The molecule has 0 bridgehead atoms. The van der Waals surface area contributed by atoms with E-state index < -0.39 is 5.41 Å². The van der Waals surface area contributed by atoms with Crippen LogP contribution >= 0.6 is 0 Å². The van der Waals surface area contributed by atoms with Crippen molar-refractivity contribution in [2.75, 3.05) is 35.8 Å². The molecule has 0 unspecified atom stereocenters. The van der Waals surface area contributed by atoms with E-state index in [1.807, 2.05) is 54.8 Å². The third kappa shape index (κ3) is 2.91. The molecular weight excluding hydrogens is 368 g/mol. The first kappa shape index (κ1) is 17.9. The van der Waals surface area contributed by atoms with Gasteiger partial charge in [0.1, 0.15) is 5.82 Å². The fourth-order valence-corrected chi connectivity index (χ4v) is 4.03. The van der Waals surface area contributed by atoms with E-state index >= 15 is 0 Å². The number of amides is 1. The predicted octanol–water partition coefficient (Wildman–Crippen LogP) is 2.93. The van der Waals surface area contributed by atoms with Crippen LogP contribution in [0, 0.1) is 0 Å². The zero-order valence-electron chi connectivity index (χ0n) is 16.8. The molecule has 1 amide bonds. The molecule has 0 spiro atoms. The van der Waals surface area contributed by atoms with Crippen molar-refractivity contribution in [1.82, 2.24) is 14.6 Å². The van der Waals surface area contributed by atoms with Crippen LogP contribution in [0.15, 0.2) is 36.4 Å². The Morgan fingerprint density at radius 2 is 2.17 bits per heavy atom. The number of carbonyl (C=O) groups excluding carboxylic acids is 1. The average molecular weight is 392 g/mol. The zero-order chi connectivity index (χ0) is 20.2. The van der Waals surface area contributed by atoms with Gasteiger partial charge in [0.2, 0.25) is 11.9 Å². The highest BCUT2D eigenvalue weighted by Gasteiger charge is 2.38. The topological polar surface area (TPSA) is 83.8 Å². The van der Waals surface area contributed by atoms with Crippen LogP contribution in [-0.2, 0) is 14.9 Å². The molecular formula is C21H24N6O2. The highest BCUT2D eigenvalue weighted by atomic mass is 16.5. The van der Waals surface area contributed by atoms with Crippen molar-refractivity contribution < 1.29 is 9.53 Å². The van der Waals surface area contributed by atoms with Crippen LogP contribution in [-0.4, -0.2) is 46.8 Å². The molecule has 3 aromatic rings. The van der Waals surface area contributed by atoms with Gasteiger partial charge >= 0.3 is 0 Å². The van der Waals surface area contributed by atoms with E-state index in [9.17, 15) is 4.79 Å². The van der Waals surface area contributed by atoms with Gasteiger partial charge in [-0.2, -0.15) is 9.50 Å². The Kier molecular flexibility index (Phi) is 3.99. The van der Waals surface area contributed by atoms with Crippen LogP contribution in [0.5, 0.6) is 0 Å². The number of aromatic nitrogens is 3. The Labute approximate surface area is 168 Å². The Bertz CT molecular complexity index is 1100. The van der Waals surface area contributed by atoms with E-state index in [4.69, 9.17) is 4.74 Å². The molecule has 1 saturated heterocycles. The van der Waals surface area contributed by atoms with Crippen molar-refractivity contribution in [3.63, 3.8) is 0 Å². The molecule has 4 heterocycles. The van der Waals surface area contributed by atoms with Gasteiger partial charge in [0.25, 0.3) is 0 Å². The van der Waals surface area contributed by atoms with Crippen LogP contribution in [0.1, 0.15) is 25.8 Å². The summed E-state index contributed by atoms with van der Waals surface area (Å²) in [6.45, 7) is 5.38. The first-order chi connectivity index (χ1) is 13.9. The number of nitrogens with one attached hydrogen (secondary N) is 2. The number of hydrogen-bond donors (Lipinski definition) is 2. The summed E-state index contributed by atoms with van der Waals surface area (Å²) in [6, 6.07) is 12.2. The molecule has 2 aromatic heterocycles. The Morgan fingerprint density at radius 1 is 1.31 bits per heavy atom. The number of rotatable bonds is 4. The van der Waals surface area contributed by atoms with Gasteiger partial charge in [-0.25, -0.2) is 0 Å². The van der Waals surface area contributed by atoms with Gasteiger partial charge in [-0.3, -0.25) is 4.79 Å². The molecule has 2 aliphatic rings. The van der Waals surface area contributed by atoms with Crippen molar-refractivity contribution in [2.45, 2.75) is 31.7 Å². The molecule has 5 rings (SSSR count). The minimum atomic E-state index is -0.515. The zero-order valence-corrected chi connectivity index (χ0v) is 16.8. The standard InChI is InChI=1S/C21H24N6O2/c1-21(2)15-8-7-13(11-16(15)23-19(21)28)22-20-24-17-5-4-6-18(27(17)25-20)26(3)14-9-10-29-12-14/h4-8,11,14H,9-10,12H2,1-3H3,(H,22,25)(H,23,28)/t14-/m0/s1. The summed E-state index contributed by atoms with van der Waals surface area (Å²) in [6.07, 6.45) is 1.00. The normalized spacial score (nSPS) is 20.0. The molecule has 8 nitrogen and oxygen atoms in total. The first-order valence-corrected chi connectivity index (χ1v) is 9.83. The van der Waals surface area contributed by atoms with Gasteiger partial charge in [0.05, 0.1) is 18.1 Å². The van der Waals surface area contributed by atoms with Crippen LogP contribution < -0.4 is 15.5 Å². The lowest BCUT2D eigenvalue weighted by Gasteiger charge is -2.25. The predicted molar refractivity (Wildman–Crippen MR) is 112 cm³/mol. The molecule has 2 aliphatic heterocycles. The maximum absolute atomic E-state index is 12.2. The van der Waals surface area contributed by atoms with Gasteiger partial charge in [-0.1, -0.05) is 12.1 Å². The molecule has 1 atom stereocenters. The van der Waals surface area contributed by atoms with Crippen LogP contribution in [0.25, 0.3) is 5.65 Å². The van der Waals surface area contributed by atoms with Gasteiger partial charge in [-0.15, -0.1) is 5.10 Å². The molecule has 1 aromatic carbocycles. The molecule has 2 N–H and O–H groups in total. The summed E-state index contributed by atoms with van der Waals surface area (Å²) in [4.78, 5) is 19.0. The number of anilines is 4. The Hall–Kier alpha value is -3.13. The maximum Gasteiger partial charge on any atom is 0.247 e. The van der Waals surface area contributed by atoms with Gasteiger partial charge in [0, 0.05) is 25.0 Å². The van der Waals surface area contributed by atoms with Crippen molar-refractivity contribution in [3.8, 4) is 0 Å². The molecule has 1 fully saturated rings. The van der Waals surface area contributed by atoms with Crippen molar-refractivity contribution in [3.05, 3.63) is 42.0 Å². The summed E-state index contributed by atoms with van der Waals surface area (Å²) >= 11 is 0. The second kappa shape index (κ2) is 6.45. The fraction of sp³-hybridized carbons (Fsp3) is 0.381. The van der Waals surface area contributed by atoms with Gasteiger partial charge in [0.15, 0.2) is 5.65 Å².